The molecule has 0 aliphatic heterocycles. The van der Waals surface area contributed by atoms with Crippen molar-refractivity contribution in [2.45, 2.75) is 39.5 Å². The van der Waals surface area contributed by atoms with E-state index in [1.165, 1.54) is 5.57 Å². The van der Waals surface area contributed by atoms with Gasteiger partial charge < -0.3 is 5.11 Å². The van der Waals surface area contributed by atoms with Crippen molar-refractivity contribution in [2.24, 2.45) is 11.8 Å². The number of allylic oxidation sites excluding steroid dienone is 2. The summed E-state index contributed by atoms with van der Waals surface area (Å²) in [4.78, 5) is 10.8. The zero-order valence-electron chi connectivity index (χ0n) is 8.42. The molecule has 0 amide bonds. The first kappa shape index (κ1) is 10.3. The molecule has 1 aliphatic rings. The van der Waals surface area contributed by atoms with Gasteiger partial charge in [0.05, 0.1) is 5.92 Å². The summed E-state index contributed by atoms with van der Waals surface area (Å²) in [6, 6.07) is 0. The lowest BCUT2D eigenvalue weighted by molar-refractivity contribution is -0.141. The van der Waals surface area contributed by atoms with Crippen molar-refractivity contribution in [1.82, 2.24) is 0 Å². The molecular weight excluding hydrogens is 164 g/mol. The number of rotatable bonds is 2. The third-order valence-corrected chi connectivity index (χ3v) is 3.07. The van der Waals surface area contributed by atoms with E-state index in [9.17, 15) is 4.79 Å². The molecule has 2 heteroatoms. The van der Waals surface area contributed by atoms with Crippen molar-refractivity contribution in [3.8, 4) is 0 Å². The van der Waals surface area contributed by atoms with Gasteiger partial charge in [0, 0.05) is 0 Å². The average Bonchev–Trinajstić information content (AvgIpc) is 2.27. The Morgan fingerprint density at radius 2 is 2.31 bits per heavy atom. The van der Waals surface area contributed by atoms with Gasteiger partial charge in [-0.15, -0.1) is 0 Å². The van der Waals surface area contributed by atoms with Crippen molar-refractivity contribution in [3.05, 3.63) is 11.6 Å². The van der Waals surface area contributed by atoms with Crippen molar-refractivity contribution in [2.75, 3.05) is 0 Å². The van der Waals surface area contributed by atoms with Crippen molar-refractivity contribution >= 4 is 5.97 Å². The molecule has 0 radical (unpaired) electrons. The molecule has 2 nitrogen and oxygen atoms in total. The molecule has 0 heterocycles. The Kier molecular flexibility index (Phi) is 3.52. The van der Waals surface area contributed by atoms with Gasteiger partial charge in [-0.3, -0.25) is 4.79 Å². The summed E-state index contributed by atoms with van der Waals surface area (Å²) in [6.45, 7) is 4.29. The SMILES string of the molecule is CCC1CCC(C(=O)O)CC=C1C. The standard InChI is InChI=1S/C11H18O2/c1-3-9-6-7-10(11(12)13)5-4-8(9)2/h4,9-10H,3,5-7H2,1-2H3,(H,12,13). The average molecular weight is 182 g/mol. The zero-order valence-corrected chi connectivity index (χ0v) is 8.42. The smallest absolute Gasteiger partial charge is 0.306 e. The minimum Gasteiger partial charge on any atom is -0.481 e. The van der Waals surface area contributed by atoms with Crippen LogP contribution in [0.25, 0.3) is 0 Å². The predicted octanol–water partition coefficient (Wildman–Crippen LogP) is 2.84. The lowest BCUT2D eigenvalue weighted by Gasteiger charge is -2.13. The second kappa shape index (κ2) is 4.45. The van der Waals surface area contributed by atoms with Crippen LogP contribution in [0.5, 0.6) is 0 Å². The van der Waals surface area contributed by atoms with E-state index in [2.05, 4.69) is 19.9 Å². The Balaban J connectivity index is 2.63. The van der Waals surface area contributed by atoms with Crippen LogP contribution in [0.1, 0.15) is 39.5 Å². The third kappa shape index (κ3) is 2.58. The number of carboxylic acids is 1. The summed E-state index contributed by atoms with van der Waals surface area (Å²) in [6.07, 6.45) is 5.84. The minimum atomic E-state index is -0.638. The van der Waals surface area contributed by atoms with E-state index in [0.717, 1.165) is 25.7 Å². The molecular formula is C11H18O2. The van der Waals surface area contributed by atoms with Crippen LogP contribution in [0.2, 0.25) is 0 Å². The molecule has 0 aromatic rings. The van der Waals surface area contributed by atoms with E-state index in [1.54, 1.807) is 0 Å². The van der Waals surface area contributed by atoms with E-state index >= 15 is 0 Å². The van der Waals surface area contributed by atoms with Gasteiger partial charge in [0.2, 0.25) is 0 Å². The molecule has 13 heavy (non-hydrogen) atoms. The summed E-state index contributed by atoms with van der Waals surface area (Å²) in [5.74, 6) is -0.170. The van der Waals surface area contributed by atoms with E-state index in [1.807, 2.05) is 0 Å². The highest BCUT2D eigenvalue weighted by Crippen LogP contribution is 2.29. The van der Waals surface area contributed by atoms with Crippen LogP contribution in [0.15, 0.2) is 11.6 Å². The van der Waals surface area contributed by atoms with Gasteiger partial charge in [-0.25, -0.2) is 0 Å². The highest BCUT2D eigenvalue weighted by Gasteiger charge is 2.21. The molecule has 1 rings (SSSR count). The number of aliphatic carboxylic acids is 1. The van der Waals surface area contributed by atoms with Crippen molar-refractivity contribution in [3.63, 3.8) is 0 Å². The Labute approximate surface area is 79.6 Å². The topological polar surface area (TPSA) is 37.3 Å². The minimum absolute atomic E-state index is 0.147. The van der Waals surface area contributed by atoms with Crippen LogP contribution in [0.4, 0.5) is 0 Å². The molecule has 0 spiro atoms. The van der Waals surface area contributed by atoms with Crippen molar-refractivity contribution < 1.29 is 9.90 Å². The Morgan fingerprint density at radius 1 is 1.62 bits per heavy atom. The number of carboxylic acid groups (broad SMARTS) is 1. The molecule has 0 aromatic carbocycles. The maximum atomic E-state index is 10.8. The zero-order chi connectivity index (χ0) is 9.84. The monoisotopic (exact) mass is 182 g/mol. The van der Waals surface area contributed by atoms with Gasteiger partial charge >= 0.3 is 5.97 Å². The summed E-state index contributed by atoms with van der Waals surface area (Å²) in [7, 11) is 0. The van der Waals surface area contributed by atoms with E-state index in [-0.39, 0.29) is 5.92 Å². The highest BCUT2D eigenvalue weighted by molar-refractivity contribution is 5.70. The van der Waals surface area contributed by atoms with Crippen LogP contribution >= 0.6 is 0 Å². The quantitative estimate of drug-likeness (QED) is 0.667. The first-order chi connectivity index (χ1) is 6.15. The third-order valence-electron chi connectivity index (χ3n) is 3.07. The molecule has 1 N–H and O–H groups in total. The van der Waals surface area contributed by atoms with Crippen LogP contribution in [-0.2, 0) is 4.79 Å². The fourth-order valence-corrected chi connectivity index (χ4v) is 1.99. The first-order valence-corrected chi connectivity index (χ1v) is 5.04. The first-order valence-electron chi connectivity index (χ1n) is 5.04. The summed E-state index contributed by atoms with van der Waals surface area (Å²) >= 11 is 0. The van der Waals surface area contributed by atoms with Gasteiger partial charge in [0.15, 0.2) is 0 Å². The second-order valence-electron chi connectivity index (χ2n) is 3.90. The van der Waals surface area contributed by atoms with Crippen molar-refractivity contribution in [1.29, 1.82) is 0 Å². The van der Waals surface area contributed by atoms with Gasteiger partial charge in [0.25, 0.3) is 0 Å². The summed E-state index contributed by atoms with van der Waals surface area (Å²) in [5, 5.41) is 8.88. The molecule has 74 valence electrons. The number of hydrogen-bond donors (Lipinski definition) is 1. The molecule has 0 saturated heterocycles. The molecule has 1 aliphatic carbocycles. The van der Waals surface area contributed by atoms with E-state index in [4.69, 9.17) is 5.11 Å². The van der Waals surface area contributed by atoms with Crippen LogP contribution in [-0.4, -0.2) is 11.1 Å². The molecule has 2 unspecified atom stereocenters. The molecule has 0 bridgehead atoms. The van der Waals surface area contributed by atoms with Crippen LogP contribution in [0, 0.1) is 11.8 Å². The Bertz CT molecular complexity index is 218. The predicted molar refractivity (Wildman–Crippen MR) is 52.5 cm³/mol. The fourth-order valence-electron chi connectivity index (χ4n) is 1.99. The van der Waals surface area contributed by atoms with Gasteiger partial charge in [-0.05, 0) is 38.5 Å². The maximum Gasteiger partial charge on any atom is 0.306 e. The van der Waals surface area contributed by atoms with Gasteiger partial charge in [-0.2, -0.15) is 0 Å². The maximum absolute atomic E-state index is 10.8. The molecule has 2 atom stereocenters. The Hall–Kier alpha value is -0.790. The van der Waals surface area contributed by atoms with E-state index < -0.39 is 5.97 Å². The van der Waals surface area contributed by atoms with Crippen LogP contribution < -0.4 is 0 Å². The normalized spacial score (nSPS) is 29.2. The van der Waals surface area contributed by atoms with Gasteiger partial charge in [-0.1, -0.05) is 18.6 Å². The lowest BCUT2D eigenvalue weighted by Crippen LogP contribution is -2.12. The van der Waals surface area contributed by atoms with Gasteiger partial charge in [0.1, 0.15) is 0 Å². The molecule has 0 fully saturated rings. The largest absolute Gasteiger partial charge is 0.481 e. The highest BCUT2D eigenvalue weighted by atomic mass is 16.4. The molecule has 0 aromatic heterocycles. The Morgan fingerprint density at radius 3 is 2.85 bits per heavy atom. The summed E-state index contributed by atoms with van der Waals surface area (Å²) in [5.41, 5.74) is 1.38. The second-order valence-corrected chi connectivity index (χ2v) is 3.90. The fraction of sp³-hybridized carbons (Fsp3) is 0.727. The summed E-state index contributed by atoms with van der Waals surface area (Å²) < 4.78 is 0. The van der Waals surface area contributed by atoms with E-state index in [0.29, 0.717) is 5.92 Å². The molecule has 0 saturated carbocycles. The lowest BCUT2D eigenvalue weighted by atomic mass is 9.93. The number of carbonyl (C=O) groups is 1. The van der Waals surface area contributed by atoms with Crippen LogP contribution in [0.3, 0.4) is 0 Å². The number of hydrogen-bond acceptors (Lipinski definition) is 1.